The Labute approximate surface area is 202 Å². The molecule has 0 aromatic carbocycles. The van der Waals surface area contributed by atoms with Crippen molar-refractivity contribution < 1.29 is 15.3 Å². The summed E-state index contributed by atoms with van der Waals surface area (Å²) in [5.41, 5.74) is 1.82. The lowest BCUT2D eigenvalue weighted by molar-refractivity contribution is -0.0647. The molecule has 3 aromatic rings. The van der Waals surface area contributed by atoms with Gasteiger partial charge in [-0.2, -0.15) is 4.98 Å². The van der Waals surface area contributed by atoms with E-state index in [9.17, 15) is 15.3 Å². The van der Waals surface area contributed by atoms with Gasteiger partial charge in [-0.15, -0.1) is 11.3 Å². The highest BCUT2D eigenvalue weighted by atomic mass is 32.1. The summed E-state index contributed by atoms with van der Waals surface area (Å²) in [6.07, 6.45) is 3.57. The summed E-state index contributed by atoms with van der Waals surface area (Å²) in [4.78, 5) is 18.8. The fourth-order valence-corrected chi connectivity index (χ4v) is 6.01. The lowest BCUT2D eigenvalue weighted by Crippen LogP contribution is -2.48. The van der Waals surface area contributed by atoms with Gasteiger partial charge in [0.05, 0.1) is 33.8 Å². The van der Waals surface area contributed by atoms with Crippen molar-refractivity contribution in [2.75, 3.05) is 17.2 Å². The van der Waals surface area contributed by atoms with E-state index in [0.29, 0.717) is 24.1 Å². The van der Waals surface area contributed by atoms with E-state index in [1.54, 1.807) is 24.5 Å². The van der Waals surface area contributed by atoms with Gasteiger partial charge in [-0.25, -0.2) is 9.97 Å². The zero-order valence-electron chi connectivity index (χ0n) is 19.9. The maximum Gasteiger partial charge on any atom is 0.225 e. The minimum Gasteiger partial charge on any atom is -0.396 e. The zero-order valence-corrected chi connectivity index (χ0v) is 20.7. The van der Waals surface area contributed by atoms with E-state index in [-0.39, 0.29) is 12.6 Å². The van der Waals surface area contributed by atoms with Gasteiger partial charge >= 0.3 is 0 Å². The number of aliphatic hydroxyl groups is 3. The van der Waals surface area contributed by atoms with Crippen LogP contribution in [-0.2, 0) is 0 Å². The van der Waals surface area contributed by atoms with E-state index in [1.807, 2.05) is 19.9 Å². The number of hydrogen-bond donors (Lipinski definition) is 5. The third-order valence-corrected chi connectivity index (χ3v) is 8.35. The third-order valence-electron chi connectivity index (χ3n) is 7.31. The zero-order chi connectivity index (χ0) is 24.2. The van der Waals surface area contributed by atoms with Gasteiger partial charge in [0.2, 0.25) is 5.95 Å². The van der Waals surface area contributed by atoms with Crippen LogP contribution in [0.15, 0.2) is 12.3 Å². The summed E-state index contributed by atoms with van der Waals surface area (Å²) in [5.74, 6) is 1.30. The molecule has 2 saturated carbocycles. The molecule has 0 unspecified atom stereocenters. The summed E-state index contributed by atoms with van der Waals surface area (Å²) in [6.45, 7) is 7.42. The molecule has 5 N–H and O–H groups in total. The van der Waals surface area contributed by atoms with Crippen molar-refractivity contribution in [1.82, 2.24) is 19.9 Å². The van der Waals surface area contributed by atoms with Gasteiger partial charge < -0.3 is 26.0 Å². The standard InChI is InChI=1S/C24H32N6O3S/c1-11(14-5-6-14)26-23-27-12(2)18(22-29-19-13(3)25-8-7-16(19)34-22)21(30-23)28-17-9-15(10-31)20(32)24(17,4)33/h7-8,11,14-15,17,20,31-33H,5-6,9-10H2,1-4H3,(H2,26,27,28,30)/t11-,15-,17-,20-,24+/m1/s1. The van der Waals surface area contributed by atoms with Crippen LogP contribution in [0.2, 0.25) is 0 Å². The van der Waals surface area contributed by atoms with Gasteiger partial charge in [-0.3, -0.25) is 4.98 Å². The molecule has 3 heterocycles. The van der Waals surface area contributed by atoms with Crippen LogP contribution >= 0.6 is 11.3 Å². The topological polar surface area (TPSA) is 136 Å². The van der Waals surface area contributed by atoms with E-state index in [0.717, 1.165) is 32.2 Å². The van der Waals surface area contributed by atoms with E-state index < -0.39 is 23.7 Å². The summed E-state index contributed by atoms with van der Waals surface area (Å²) in [7, 11) is 0. The fraction of sp³-hybridized carbons (Fsp3) is 0.583. The fourth-order valence-electron chi connectivity index (χ4n) is 4.90. The Hall–Kier alpha value is -2.40. The molecule has 2 aliphatic rings. The summed E-state index contributed by atoms with van der Waals surface area (Å²) in [5, 5.41) is 38.9. The largest absolute Gasteiger partial charge is 0.396 e. The van der Waals surface area contributed by atoms with Crippen molar-refractivity contribution in [3.63, 3.8) is 0 Å². The first kappa shape index (κ1) is 23.3. The molecule has 10 heteroatoms. The molecule has 0 saturated heterocycles. The van der Waals surface area contributed by atoms with E-state index in [4.69, 9.17) is 15.0 Å². The maximum atomic E-state index is 11.1. The summed E-state index contributed by atoms with van der Waals surface area (Å²) in [6, 6.07) is 1.72. The van der Waals surface area contributed by atoms with Crippen molar-refractivity contribution >= 4 is 33.3 Å². The molecule has 0 bridgehead atoms. The molecule has 9 nitrogen and oxygen atoms in total. The summed E-state index contributed by atoms with van der Waals surface area (Å²) >= 11 is 1.55. The molecule has 2 aliphatic carbocycles. The predicted octanol–water partition coefficient (Wildman–Crippen LogP) is 2.88. The highest BCUT2D eigenvalue weighted by molar-refractivity contribution is 7.21. The molecule has 0 spiro atoms. The summed E-state index contributed by atoms with van der Waals surface area (Å²) < 4.78 is 1.03. The van der Waals surface area contributed by atoms with Crippen molar-refractivity contribution in [1.29, 1.82) is 0 Å². The van der Waals surface area contributed by atoms with E-state index in [2.05, 4.69) is 22.5 Å². The number of hydrogen-bond acceptors (Lipinski definition) is 10. The second-order valence-electron chi connectivity index (χ2n) is 9.93. The highest BCUT2D eigenvalue weighted by Crippen LogP contribution is 2.41. The molecule has 0 aliphatic heterocycles. The Morgan fingerprint density at radius 3 is 2.62 bits per heavy atom. The Kier molecular flexibility index (Phi) is 5.96. The van der Waals surface area contributed by atoms with Gasteiger partial charge in [-0.1, -0.05) is 0 Å². The van der Waals surface area contributed by atoms with Crippen molar-refractivity contribution in [3.8, 4) is 10.6 Å². The second kappa shape index (κ2) is 8.67. The van der Waals surface area contributed by atoms with Gasteiger partial charge in [0, 0.05) is 24.8 Å². The first-order valence-corrected chi connectivity index (χ1v) is 12.7. The van der Waals surface area contributed by atoms with Gasteiger partial charge in [-0.05, 0) is 58.9 Å². The number of nitrogens with zero attached hydrogens (tertiary/aromatic N) is 4. The van der Waals surface area contributed by atoms with Crippen LogP contribution in [0.1, 0.15) is 44.5 Å². The Morgan fingerprint density at radius 2 is 1.97 bits per heavy atom. The highest BCUT2D eigenvalue weighted by Gasteiger charge is 2.50. The molecule has 3 aromatic heterocycles. The minimum atomic E-state index is -1.42. The quantitative estimate of drug-likeness (QED) is 0.343. The van der Waals surface area contributed by atoms with Crippen LogP contribution in [0, 0.1) is 25.7 Å². The van der Waals surface area contributed by atoms with E-state index >= 15 is 0 Å². The Bertz CT molecular complexity index is 1210. The van der Waals surface area contributed by atoms with Gasteiger partial charge in [0.1, 0.15) is 21.9 Å². The molecular formula is C24H32N6O3S. The number of aromatic nitrogens is 4. The third kappa shape index (κ3) is 4.13. The number of aliphatic hydroxyl groups excluding tert-OH is 2. The van der Waals surface area contributed by atoms with Crippen LogP contribution in [0.25, 0.3) is 20.8 Å². The lowest BCUT2D eigenvalue weighted by Gasteiger charge is -2.30. The van der Waals surface area contributed by atoms with Crippen molar-refractivity contribution in [2.24, 2.45) is 11.8 Å². The first-order chi connectivity index (χ1) is 16.2. The van der Waals surface area contributed by atoms with Crippen LogP contribution < -0.4 is 10.6 Å². The maximum absolute atomic E-state index is 11.1. The smallest absolute Gasteiger partial charge is 0.225 e. The molecular weight excluding hydrogens is 452 g/mol. The molecule has 0 amide bonds. The molecule has 34 heavy (non-hydrogen) atoms. The van der Waals surface area contributed by atoms with Crippen LogP contribution in [-0.4, -0.2) is 65.7 Å². The molecule has 2 fully saturated rings. The molecule has 182 valence electrons. The number of pyridine rings is 1. The Balaban J connectivity index is 1.57. The van der Waals surface area contributed by atoms with Crippen LogP contribution in [0.3, 0.4) is 0 Å². The number of thiazole rings is 1. The molecule has 5 rings (SSSR count). The Morgan fingerprint density at radius 1 is 1.21 bits per heavy atom. The van der Waals surface area contributed by atoms with Gasteiger partial charge in [0.15, 0.2) is 0 Å². The molecule has 0 radical (unpaired) electrons. The first-order valence-electron chi connectivity index (χ1n) is 11.8. The van der Waals surface area contributed by atoms with Crippen molar-refractivity contribution in [2.45, 2.75) is 70.7 Å². The number of aryl methyl sites for hydroxylation is 2. The van der Waals surface area contributed by atoms with Crippen molar-refractivity contribution in [3.05, 3.63) is 23.7 Å². The second-order valence-corrected chi connectivity index (χ2v) is 11.0. The van der Waals surface area contributed by atoms with Crippen LogP contribution in [0.5, 0.6) is 0 Å². The monoisotopic (exact) mass is 484 g/mol. The SMILES string of the molecule is Cc1nc(N[C@H](C)C2CC2)nc(N[C@@H]2C[C@H](CO)[C@@H](O)[C@@]2(C)O)c1-c1nc2c(C)nccc2s1. The average molecular weight is 485 g/mol. The number of nitrogens with one attached hydrogen (secondary N) is 2. The number of fused-ring (bicyclic) bond motifs is 1. The van der Waals surface area contributed by atoms with Crippen LogP contribution in [0.4, 0.5) is 11.8 Å². The predicted molar refractivity (Wildman–Crippen MR) is 133 cm³/mol. The van der Waals surface area contributed by atoms with Gasteiger partial charge in [0.25, 0.3) is 0 Å². The van der Waals surface area contributed by atoms with E-state index in [1.165, 1.54) is 12.8 Å². The number of anilines is 2. The molecule has 5 atom stereocenters. The number of rotatable bonds is 7. The average Bonchev–Trinajstić information content (AvgIpc) is 3.51. The minimum absolute atomic E-state index is 0.193. The normalized spacial score (nSPS) is 27.8. The lowest BCUT2D eigenvalue weighted by atomic mass is 9.96.